The molecule has 0 atom stereocenters. The Morgan fingerprint density at radius 3 is 2.62 bits per heavy atom. The molecule has 0 unspecified atom stereocenters. The maximum Gasteiger partial charge on any atom is 0.433 e. The highest BCUT2D eigenvalue weighted by molar-refractivity contribution is 5.97. The lowest BCUT2D eigenvalue weighted by Gasteiger charge is -2.03. The van der Waals surface area contributed by atoms with Crippen LogP contribution in [0.1, 0.15) is 5.76 Å². The molecule has 0 radical (unpaired) electrons. The molecule has 1 N–H and O–H groups in total. The summed E-state index contributed by atoms with van der Waals surface area (Å²) < 4.78 is 5.00. The lowest BCUT2D eigenvalue weighted by molar-refractivity contribution is -0.402. The molecule has 0 aliphatic heterocycles. The second-order valence-corrected chi connectivity index (χ2v) is 4.34. The number of aliphatic imine (C=N–C) groups is 1. The maximum atomic E-state index is 10.5. The predicted molar refractivity (Wildman–Crippen MR) is 78.2 cm³/mol. The minimum atomic E-state index is -0.604. The number of aromatic hydroxyl groups is 1. The second kappa shape index (κ2) is 5.09. The topological polar surface area (TPSA) is 88.9 Å². The first-order valence-corrected chi connectivity index (χ1v) is 6.14. The molecule has 0 fully saturated rings. The summed E-state index contributed by atoms with van der Waals surface area (Å²) in [5.41, 5.74) is 0.641. The van der Waals surface area contributed by atoms with E-state index in [-0.39, 0.29) is 11.6 Å². The summed E-state index contributed by atoms with van der Waals surface area (Å²) in [5, 5.41) is 21.8. The van der Waals surface area contributed by atoms with Crippen LogP contribution in [0.4, 0.5) is 11.6 Å². The quantitative estimate of drug-likeness (QED) is 0.449. The average Bonchev–Trinajstić information content (AvgIpc) is 2.95. The Balaban J connectivity index is 1.99. The first kappa shape index (κ1) is 12.9. The van der Waals surface area contributed by atoms with Gasteiger partial charge in [0, 0.05) is 10.8 Å². The van der Waals surface area contributed by atoms with Gasteiger partial charge in [0.15, 0.2) is 5.76 Å². The zero-order valence-corrected chi connectivity index (χ0v) is 10.8. The van der Waals surface area contributed by atoms with E-state index in [0.717, 1.165) is 5.39 Å². The van der Waals surface area contributed by atoms with Crippen molar-refractivity contribution in [2.24, 2.45) is 4.99 Å². The van der Waals surface area contributed by atoms with E-state index in [4.69, 9.17) is 4.42 Å². The van der Waals surface area contributed by atoms with Crippen LogP contribution in [0.2, 0.25) is 0 Å². The van der Waals surface area contributed by atoms with Crippen molar-refractivity contribution >= 4 is 28.6 Å². The Morgan fingerprint density at radius 1 is 1.10 bits per heavy atom. The van der Waals surface area contributed by atoms with E-state index in [2.05, 4.69) is 4.99 Å². The van der Waals surface area contributed by atoms with Crippen LogP contribution in [0.25, 0.3) is 10.8 Å². The Kier molecular flexibility index (Phi) is 3.12. The summed E-state index contributed by atoms with van der Waals surface area (Å²) in [4.78, 5) is 14.2. The van der Waals surface area contributed by atoms with Crippen molar-refractivity contribution in [1.29, 1.82) is 0 Å². The Hall–Kier alpha value is -3.15. The largest absolute Gasteiger partial charge is 0.507 e. The highest BCUT2D eigenvalue weighted by atomic mass is 16.6. The fourth-order valence-electron chi connectivity index (χ4n) is 2.03. The molecular weight excluding hydrogens is 272 g/mol. The van der Waals surface area contributed by atoms with Crippen LogP contribution in [0.15, 0.2) is 57.9 Å². The van der Waals surface area contributed by atoms with Crippen LogP contribution in [0.3, 0.4) is 0 Å². The third-order valence-corrected chi connectivity index (χ3v) is 3.00. The Labute approximate surface area is 119 Å². The van der Waals surface area contributed by atoms with E-state index in [9.17, 15) is 15.2 Å². The zero-order valence-electron chi connectivity index (χ0n) is 10.8. The molecular formula is C15H10N2O4. The predicted octanol–water partition coefficient (Wildman–Crippen LogP) is 3.80. The van der Waals surface area contributed by atoms with E-state index in [1.165, 1.54) is 18.3 Å². The minimum absolute atomic E-state index is 0.179. The van der Waals surface area contributed by atoms with Gasteiger partial charge in [0.1, 0.15) is 10.7 Å². The van der Waals surface area contributed by atoms with Gasteiger partial charge in [-0.15, -0.1) is 0 Å². The van der Waals surface area contributed by atoms with E-state index < -0.39 is 4.92 Å². The number of furan rings is 1. The molecule has 0 amide bonds. The van der Waals surface area contributed by atoms with Crippen molar-refractivity contribution < 1.29 is 14.4 Å². The fraction of sp³-hybridized carbons (Fsp3) is 0. The van der Waals surface area contributed by atoms with Crippen molar-refractivity contribution in [2.75, 3.05) is 0 Å². The molecule has 0 aliphatic carbocycles. The lowest BCUT2D eigenvalue weighted by atomic mass is 10.1. The molecule has 104 valence electrons. The van der Waals surface area contributed by atoms with Crippen LogP contribution in [0, 0.1) is 10.1 Å². The van der Waals surface area contributed by atoms with Gasteiger partial charge in [-0.25, -0.2) is 0 Å². The molecule has 0 bridgehead atoms. The van der Waals surface area contributed by atoms with Crippen LogP contribution in [-0.2, 0) is 0 Å². The molecule has 0 spiro atoms. The first-order valence-electron chi connectivity index (χ1n) is 6.14. The number of rotatable bonds is 3. The highest BCUT2D eigenvalue weighted by Crippen LogP contribution is 2.31. The number of nitro groups is 1. The van der Waals surface area contributed by atoms with Crippen LogP contribution < -0.4 is 0 Å². The lowest BCUT2D eigenvalue weighted by Crippen LogP contribution is -1.83. The summed E-state index contributed by atoms with van der Waals surface area (Å²) in [7, 11) is 0. The Bertz CT molecular complexity index is 852. The van der Waals surface area contributed by atoms with Crippen molar-refractivity contribution in [3.8, 4) is 5.75 Å². The highest BCUT2D eigenvalue weighted by Gasteiger charge is 2.10. The van der Waals surface area contributed by atoms with Gasteiger partial charge in [0.2, 0.25) is 0 Å². The first-order chi connectivity index (χ1) is 10.1. The van der Waals surface area contributed by atoms with Gasteiger partial charge in [-0.1, -0.05) is 24.3 Å². The fourth-order valence-corrected chi connectivity index (χ4v) is 2.03. The molecule has 6 nitrogen and oxygen atoms in total. The number of phenolic OH excluding ortho intramolecular Hbond substituents is 1. The van der Waals surface area contributed by atoms with Crippen LogP contribution in [-0.4, -0.2) is 16.2 Å². The van der Waals surface area contributed by atoms with Crippen LogP contribution in [0.5, 0.6) is 5.75 Å². The van der Waals surface area contributed by atoms with Crippen molar-refractivity contribution in [1.82, 2.24) is 0 Å². The van der Waals surface area contributed by atoms with Gasteiger partial charge in [0.05, 0.1) is 18.0 Å². The normalized spacial score (nSPS) is 11.2. The van der Waals surface area contributed by atoms with Gasteiger partial charge in [-0.3, -0.25) is 15.1 Å². The van der Waals surface area contributed by atoms with Gasteiger partial charge >= 0.3 is 5.88 Å². The van der Waals surface area contributed by atoms with Crippen molar-refractivity contribution in [2.45, 2.75) is 0 Å². The smallest absolute Gasteiger partial charge is 0.433 e. The third-order valence-electron chi connectivity index (χ3n) is 3.00. The van der Waals surface area contributed by atoms with E-state index in [0.29, 0.717) is 16.8 Å². The molecule has 2 aromatic carbocycles. The summed E-state index contributed by atoms with van der Waals surface area (Å²) >= 11 is 0. The summed E-state index contributed by atoms with van der Waals surface area (Å²) in [6.45, 7) is 0. The SMILES string of the molecule is O=[N+]([O-])c1ccc(C=Nc2cccc3c(O)cccc23)o1. The van der Waals surface area contributed by atoms with Crippen molar-refractivity contribution in [3.05, 3.63) is 64.4 Å². The van der Waals surface area contributed by atoms with Gasteiger partial charge in [-0.05, 0) is 18.2 Å². The van der Waals surface area contributed by atoms with Crippen LogP contribution >= 0.6 is 0 Å². The Morgan fingerprint density at radius 2 is 1.86 bits per heavy atom. The van der Waals surface area contributed by atoms with E-state index in [1.54, 1.807) is 30.3 Å². The molecule has 0 saturated carbocycles. The third kappa shape index (κ3) is 2.46. The van der Waals surface area contributed by atoms with Gasteiger partial charge in [-0.2, -0.15) is 0 Å². The number of hydrogen-bond donors (Lipinski definition) is 1. The molecule has 3 rings (SSSR count). The summed E-state index contributed by atoms with van der Waals surface area (Å²) in [6, 6.07) is 13.3. The molecule has 0 saturated heterocycles. The summed E-state index contributed by atoms with van der Waals surface area (Å²) in [6.07, 6.45) is 1.41. The van der Waals surface area contributed by atoms with E-state index in [1.807, 2.05) is 6.07 Å². The second-order valence-electron chi connectivity index (χ2n) is 4.34. The number of phenols is 1. The number of benzene rings is 2. The summed E-state index contributed by atoms with van der Waals surface area (Å²) in [5.74, 6) is 0.143. The standard InChI is InChI=1S/C15H10N2O4/c18-14-6-2-3-11-12(14)4-1-5-13(11)16-9-10-7-8-15(21-10)17(19)20/h1-9,18H. The molecule has 21 heavy (non-hydrogen) atoms. The minimum Gasteiger partial charge on any atom is -0.507 e. The molecule has 1 heterocycles. The monoisotopic (exact) mass is 282 g/mol. The van der Waals surface area contributed by atoms with Gasteiger partial charge in [0.25, 0.3) is 0 Å². The molecule has 0 aliphatic rings. The number of fused-ring (bicyclic) bond motifs is 1. The van der Waals surface area contributed by atoms with Crippen molar-refractivity contribution in [3.63, 3.8) is 0 Å². The zero-order chi connectivity index (χ0) is 14.8. The molecule has 3 aromatic rings. The maximum absolute atomic E-state index is 10.5. The number of hydrogen-bond acceptors (Lipinski definition) is 5. The molecule has 6 heteroatoms. The molecule has 1 aromatic heterocycles. The number of nitrogens with zero attached hydrogens (tertiary/aromatic N) is 2. The van der Waals surface area contributed by atoms with Gasteiger partial charge < -0.3 is 9.52 Å². The average molecular weight is 282 g/mol. The van der Waals surface area contributed by atoms with E-state index >= 15 is 0 Å².